The van der Waals surface area contributed by atoms with Crippen LogP contribution in [-0.4, -0.2) is 12.6 Å². The fraction of sp³-hybridized carbons (Fsp3) is 0.562. The van der Waals surface area contributed by atoms with Crippen molar-refractivity contribution in [2.75, 3.05) is 11.4 Å². The van der Waals surface area contributed by atoms with Crippen LogP contribution in [0.4, 0.5) is 5.69 Å². The van der Waals surface area contributed by atoms with E-state index in [1.165, 1.54) is 11.3 Å². The van der Waals surface area contributed by atoms with Crippen molar-refractivity contribution in [3.05, 3.63) is 29.8 Å². The molecule has 0 saturated carbocycles. The second-order valence-electron chi connectivity index (χ2n) is 6.26. The zero-order chi connectivity index (χ0) is 13.3. The summed E-state index contributed by atoms with van der Waals surface area (Å²) in [5.41, 5.74) is 2.80. The highest BCUT2D eigenvalue weighted by Crippen LogP contribution is 2.31. The van der Waals surface area contributed by atoms with Gasteiger partial charge in [-0.05, 0) is 36.5 Å². The summed E-state index contributed by atoms with van der Waals surface area (Å²) in [5, 5.41) is 9.08. The number of rotatable bonds is 1. The maximum absolute atomic E-state index is 9.08. The third kappa shape index (κ3) is 2.36. The summed E-state index contributed by atoms with van der Waals surface area (Å²) in [6, 6.07) is 11.5. The number of nitriles is 1. The van der Waals surface area contributed by atoms with Crippen LogP contribution in [0.3, 0.4) is 0 Å². The molecule has 0 bridgehead atoms. The Balaban J connectivity index is 2.19. The first kappa shape index (κ1) is 13.0. The molecule has 96 valence electrons. The van der Waals surface area contributed by atoms with Crippen LogP contribution in [0.1, 0.15) is 39.7 Å². The molecule has 0 N–H and O–H groups in total. The molecule has 1 fully saturated rings. The summed E-state index contributed by atoms with van der Waals surface area (Å²) in [5.74, 6) is 0.173. The molecule has 0 amide bonds. The largest absolute Gasteiger partial charge is 0.367 e. The van der Waals surface area contributed by atoms with E-state index < -0.39 is 0 Å². The average Bonchev–Trinajstić information content (AvgIpc) is 2.69. The van der Waals surface area contributed by atoms with Gasteiger partial charge in [-0.25, -0.2) is 0 Å². The molecular weight excluding hydrogens is 220 g/mol. The van der Waals surface area contributed by atoms with Gasteiger partial charge < -0.3 is 4.90 Å². The van der Waals surface area contributed by atoms with E-state index in [9.17, 15) is 0 Å². The molecule has 0 spiro atoms. The molecular formula is C16H22N2. The van der Waals surface area contributed by atoms with Gasteiger partial charge in [-0.15, -0.1) is 0 Å². The first-order valence-electron chi connectivity index (χ1n) is 6.70. The van der Waals surface area contributed by atoms with E-state index in [0.717, 1.165) is 13.0 Å². The third-order valence-corrected chi connectivity index (χ3v) is 3.99. The molecule has 1 aliphatic heterocycles. The maximum Gasteiger partial charge on any atom is 0.0681 e. The van der Waals surface area contributed by atoms with Gasteiger partial charge in [0.05, 0.1) is 12.0 Å². The van der Waals surface area contributed by atoms with E-state index in [1.54, 1.807) is 0 Å². The first-order valence-corrected chi connectivity index (χ1v) is 6.70. The number of anilines is 1. The Labute approximate surface area is 110 Å². The van der Waals surface area contributed by atoms with Gasteiger partial charge in [0.15, 0.2) is 0 Å². The fourth-order valence-electron chi connectivity index (χ4n) is 2.63. The smallest absolute Gasteiger partial charge is 0.0681 e. The molecule has 2 unspecified atom stereocenters. The summed E-state index contributed by atoms with van der Waals surface area (Å²) in [4.78, 5) is 2.35. The second kappa shape index (κ2) is 4.65. The first-order chi connectivity index (χ1) is 8.43. The molecule has 1 heterocycles. The fourth-order valence-corrected chi connectivity index (χ4v) is 2.63. The van der Waals surface area contributed by atoms with Crippen molar-refractivity contribution >= 4 is 5.69 Å². The number of hydrogen-bond donors (Lipinski definition) is 0. The Bertz CT molecular complexity index is 447. The molecule has 0 aliphatic carbocycles. The molecule has 0 radical (unpaired) electrons. The average molecular weight is 242 g/mol. The zero-order valence-corrected chi connectivity index (χ0v) is 11.8. The number of nitrogens with zero attached hydrogens (tertiary/aromatic N) is 2. The maximum atomic E-state index is 9.08. The molecule has 1 aromatic rings. The summed E-state index contributed by atoms with van der Waals surface area (Å²) in [6.45, 7) is 9.83. The number of benzene rings is 1. The summed E-state index contributed by atoms with van der Waals surface area (Å²) < 4.78 is 0. The van der Waals surface area contributed by atoms with Gasteiger partial charge in [0, 0.05) is 18.3 Å². The third-order valence-electron chi connectivity index (χ3n) is 3.99. The number of hydrogen-bond acceptors (Lipinski definition) is 2. The van der Waals surface area contributed by atoms with Crippen molar-refractivity contribution in [1.29, 1.82) is 5.26 Å². The second-order valence-corrected chi connectivity index (χ2v) is 6.26. The normalized spacial score (nSPS) is 24.1. The zero-order valence-electron chi connectivity index (χ0n) is 11.8. The minimum atomic E-state index is 0.173. The Hall–Kier alpha value is -1.49. The highest BCUT2D eigenvalue weighted by atomic mass is 15.2. The molecule has 0 aromatic heterocycles. The van der Waals surface area contributed by atoms with Crippen LogP contribution in [0.5, 0.6) is 0 Å². The molecule has 2 nitrogen and oxygen atoms in total. The quantitative estimate of drug-likeness (QED) is 0.750. The van der Waals surface area contributed by atoms with E-state index in [1.807, 2.05) is 0 Å². The lowest BCUT2D eigenvalue weighted by Gasteiger charge is -2.26. The summed E-state index contributed by atoms with van der Waals surface area (Å²) >= 11 is 0. The van der Waals surface area contributed by atoms with Gasteiger partial charge in [0.25, 0.3) is 0 Å². The molecule has 2 rings (SSSR count). The standard InChI is InChI=1S/C16H22N2/c1-12-13(11-17)9-10-18(12)15-7-5-14(6-8-15)16(2,3)4/h5-8,12-13H,9-10H2,1-4H3. The van der Waals surface area contributed by atoms with Crippen molar-refractivity contribution in [2.24, 2.45) is 5.92 Å². The Morgan fingerprint density at radius 1 is 1.22 bits per heavy atom. The predicted molar refractivity (Wildman–Crippen MR) is 75.7 cm³/mol. The monoisotopic (exact) mass is 242 g/mol. The molecule has 1 saturated heterocycles. The van der Waals surface area contributed by atoms with Crippen molar-refractivity contribution in [3.8, 4) is 6.07 Å². The van der Waals surface area contributed by atoms with Gasteiger partial charge in [-0.3, -0.25) is 0 Å². The molecule has 2 heteroatoms. The van der Waals surface area contributed by atoms with E-state index in [2.05, 4.69) is 62.9 Å². The highest BCUT2D eigenvalue weighted by Gasteiger charge is 2.30. The van der Waals surface area contributed by atoms with Gasteiger partial charge in [-0.1, -0.05) is 32.9 Å². The Morgan fingerprint density at radius 3 is 2.28 bits per heavy atom. The lowest BCUT2D eigenvalue weighted by molar-refractivity contribution is 0.589. The highest BCUT2D eigenvalue weighted by molar-refractivity contribution is 5.50. The SMILES string of the molecule is CC1C(C#N)CCN1c1ccc(C(C)(C)C)cc1. The van der Waals surface area contributed by atoms with E-state index in [4.69, 9.17) is 5.26 Å². The molecule has 1 aromatic carbocycles. The van der Waals surface area contributed by atoms with E-state index >= 15 is 0 Å². The van der Waals surface area contributed by atoms with Crippen LogP contribution in [0.2, 0.25) is 0 Å². The van der Waals surface area contributed by atoms with E-state index in [-0.39, 0.29) is 11.3 Å². The lowest BCUT2D eigenvalue weighted by atomic mass is 9.87. The van der Waals surface area contributed by atoms with Crippen molar-refractivity contribution < 1.29 is 0 Å². The van der Waals surface area contributed by atoms with Crippen LogP contribution >= 0.6 is 0 Å². The summed E-state index contributed by atoms with van der Waals surface area (Å²) in [7, 11) is 0. The van der Waals surface area contributed by atoms with Crippen LogP contribution in [-0.2, 0) is 5.41 Å². The minimum Gasteiger partial charge on any atom is -0.367 e. The minimum absolute atomic E-state index is 0.173. The summed E-state index contributed by atoms with van der Waals surface area (Å²) in [6.07, 6.45) is 0.985. The van der Waals surface area contributed by atoms with Crippen molar-refractivity contribution in [2.45, 2.75) is 45.6 Å². The van der Waals surface area contributed by atoms with Gasteiger partial charge in [0.1, 0.15) is 0 Å². The van der Waals surface area contributed by atoms with Crippen molar-refractivity contribution in [3.63, 3.8) is 0 Å². The van der Waals surface area contributed by atoms with Gasteiger partial charge in [-0.2, -0.15) is 5.26 Å². The van der Waals surface area contributed by atoms with Crippen LogP contribution < -0.4 is 4.90 Å². The molecule has 2 atom stereocenters. The Morgan fingerprint density at radius 2 is 1.83 bits per heavy atom. The van der Waals surface area contributed by atoms with Gasteiger partial charge in [0.2, 0.25) is 0 Å². The lowest BCUT2D eigenvalue weighted by Crippen LogP contribution is -2.29. The van der Waals surface area contributed by atoms with Crippen LogP contribution in [0.25, 0.3) is 0 Å². The van der Waals surface area contributed by atoms with Gasteiger partial charge >= 0.3 is 0 Å². The van der Waals surface area contributed by atoms with E-state index in [0.29, 0.717) is 6.04 Å². The molecule has 18 heavy (non-hydrogen) atoms. The molecule has 1 aliphatic rings. The van der Waals surface area contributed by atoms with Crippen molar-refractivity contribution in [1.82, 2.24) is 0 Å². The van der Waals surface area contributed by atoms with Crippen LogP contribution in [0, 0.1) is 17.2 Å². The predicted octanol–water partition coefficient (Wildman–Crippen LogP) is 3.72. The topological polar surface area (TPSA) is 27.0 Å². The van der Waals surface area contributed by atoms with Crippen LogP contribution in [0.15, 0.2) is 24.3 Å². The Kier molecular flexibility index (Phi) is 3.34.